The first-order chi connectivity index (χ1) is 11.3. The summed E-state index contributed by atoms with van der Waals surface area (Å²) in [5, 5.41) is 3.90. The minimum Gasteiger partial charge on any atom is -0.323 e. The molecule has 2 amide bonds. The molecule has 0 spiro atoms. The fraction of sp³-hybridized carbons (Fsp3) is 0.0667. The molecule has 2 rings (SSSR count). The van der Waals surface area contributed by atoms with Gasteiger partial charge in [-0.05, 0) is 24.3 Å². The highest BCUT2D eigenvalue weighted by atomic mass is 19.2. The largest absolute Gasteiger partial charge is 0.323 e. The molecule has 0 radical (unpaired) electrons. The fourth-order valence-corrected chi connectivity index (χ4v) is 1.75. The van der Waals surface area contributed by atoms with Crippen molar-refractivity contribution >= 4 is 23.2 Å². The smallest absolute Gasteiger partial charge is 0.233 e. The summed E-state index contributed by atoms with van der Waals surface area (Å²) in [6, 6.07) is 3.77. The number of nitrogens with one attached hydrogen (secondary N) is 2. The molecule has 0 saturated heterocycles. The lowest BCUT2D eigenvalue weighted by Gasteiger charge is -2.08. The van der Waals surface area contributed by atoms with Gasteiger partial charge in [0.2, 0.25) is 11.8 Å². The normalized spacial score (nSPS) is 10.4. The van der Waals surface area contributed by atoms with Gasteiger partial charge in [0.15, 0.2) is 17.5 Å². The van der Waals surface area contributed by atoms with E-state index < -0.39 is 53.0 Å². The molecule has 24 heavy (non-hydrogen) atoms. The third-order valence-electron chi connectivity index (χ3n) is 2.84. The summed E-state index contributed by atoms with van der Waals surface area (Å²) >= 11 is 0. The maximum Gasteiger partial charge on any atom is 0.233 e. The van der Waals surface area contributed by atoms with Gasteiger partial charge in [-0.1, -0.05) is 0 Å². The summed E-state index contributed by atoms with van der Waals surface area (Å²) in [5.74, 6) is -8.73. The van der Waals surface area contributed by atoms with Crippen molar-refractivity contribution in [3.05, 3.63) is 59.4 Å². The quantitative estimate of drug-likeness (QED) is 0.508. The second-order valence-corrected chi connectivity index (χ2v) is 4.62. The second kappa shape index (κ2) is 7.07. The minimum atomic E-state index is -1.77. The van der Waals surface area contributed by atoms with Gasteiger partial charge in [-0.15, -0.1) is 0 Å². The molecule has 2 aromatic rings. The summed E-state index contributed by atoms with van der Waals surface area (Å²) in [6.45, 7) is 0. The van der Waals surface area contributed by atoms with Gasteiger partial charge >= 0.3 is 0 Å². The zero-order chi connectivity index (χ0) is 17.9. The molecule has 0 atom stereocenters. The predicted molar refractivity (Wildman–Crippen MR) is 74.6 cm³/mol. The van der Waals surface area contributed by atoms with Crippen molar-refractivity contribution < 1.29 is 31.5 Å². The first kappa shape index (κ1) is 17.4. The number of carbonyl (C=O) groups is 2. The molecule has 0 aromatic heterocycles. The molecule has 0 aliphatic carbocycles. The van der Waals surface area contributed by atoms with Crippen LogP contribution in [0, 0.1) is 29.1 Å². The zero-order valence-electron chi connectivity index (χ0n) is 11.8. The van der Waals surface area contributed by atoms with E-state index in [-0.39, 0.29) is 5.69 Å². The molecule has 0 fully saturated rings. The van der Waals surface area contributed by atoms with Gasteiger partial charge in [-0.3, -0.25) is 9.59 Å². The van der Waals surface area contributed by atoms with E-state index in [1.54, 1.807) is 0 Å². The monoisotopic (exact) mass is 344 g/mol. The van der Waals surface area contributed by atoms with Crippen LogP contribution in [0.3, 0.4) is 0 Å². The van der Waals surface area contributed by atoms with Crippen LogP contribution in [-0.4, -0.2) is 11.8 Å². The Hall–Kier alpha value is -2.97. The molecular weight excluding hydrogens is 335 g/mol. The lowest BCUT2D eigenvalue weighted by Crippen LogP contribution is -2.22. The number of hydrogen-bond donors (Lipinski definition) is 2. The summed E-state index contributed by atoms with van der Waals surface area (Å²) in [5.41, 5.74) is -1.01. The Morgan fingerprint density at radius 3 is 1.96 bits per heavy atom. The van der Waals surface area contributed by atoms with E-state index in [9.17, 15) is 31.5 Å². The highest BCUT2D eigenvalue weighted by Crippen LogP contribution is 2.20. The number of benzene rings is 2. The fourth-order valence-electron chi connectivity index (χ4n) is 1.75. The molecule has 126 valence electrons. The van der Waals surface area contributed by atoms with E-state index in [4.69, 9.17) is 0 Å². The lowest BCUT2D eigenvalue weighted by atomic mass is 10.2. The molecule has 0 aliphatic rings. The van der Waals surface area contributed by atoms with Crippen LogP contribution in [0.4, 0.5) is 33.3 Å². The van der Waals surface area contributed by atoms with Crippen LogP contribution in [0.1, 0.15) is 6.42 Å². The van der Waals surface area contributed by atoms with Gasteiger partial charge in [0.25, 0.3) is 0 Å². The van der Waals surface area contributed by atoms with Crippen LogP contribution in [-0.2, 0) is 9.59 Å². The van der Waals surface area contributed by atoms with E-state index in [1.807, 2.05) is 10.6 Å². The van der Waals surface area contributed by atoms with Crippen molar-refractivity contribution in [2.45, 2.75) is 6.42 Å². The number of carbonyl (C=O) groups excluding carboxylic acids is 2. The highest BCUT2D eigenvalue weighted by molar-refractivity contribution is 6.08. The van der Waals surface area contributed by atoms with Crippen LogP contribution < -0.4 is 10.6 Å². The molecule has 0 heterocycles. The van der Waals surface area contributed by atoms with Gasteiger partial charge in [-0.2, -0.15) is 0 Å². The molecule has 9 heteroatoms. The van der Waals surface area contributed by atoms with Crippen molar-refractivity contribution in [3.8, 4) is 0 Å². The Morgan fingerprint density at radius 1 is 0.750 bits per heavy atom. The Kier molecular flexibility index (Phi) is 5.12. The second-order valence-electron chi connectivity index (χ2n) is 4.62. The number of rotatable bonds is 4. The molecule has 0 aliphatic heterocycles. The molecule has 4 nitrogen and oxygen atoms in total. The highest BCUT2D eigenvalue weighted by Gasteiger charge is 2.17. The maximum absolute atomic E-state index is 13.4. The Morgan fingerprint density at radius 2 is 1.33 bits per heavy atom. The van der Waals surface area contributed by atoms with Crippen molar-refractivity contribution in [1.82, 2.24) is 0 Å². The predicted octanol–water partition coefficient (Wildman–Crippen LogP) is 3.35. The molecule has 0 bridgehead atoms. The van der Waals surface area contributed by atoms with Gasteiger partial charge < -0.3 is 10.6 Å². The van der Waals surface area contributed by atoms with Crippen molar-refractivity contribution in [1.29, 1.82) is 0 Å². The SMILES string of the molecule is O=C(CC(=O)Nc1ccc(F)c(F)c1F)Nc1ccc(F)cc1F. The average molecular weight is 344 g/mol. The first-order valence-corrected chi connectivity index (χ1v) is 6.46. The number of hydrogen-bond acceptors (Lipinski definition) is 2. The van der Waals surface area contributed by atoms with Crippen LogP contribution >= 0.6 is 0 Å². The van der Waals surface area contributed by atoms with E-state index in [1.165, 1.54) is 0 Å². The summed E-state index contributed by atoms with van der Waals surface area (Å²) in [6.07, 6.45) is -0.852. The maximum atomic E-state index is 13.4. The number of halogens is 5. The van der Waals surface area contributed by atoms with Crippen LogP contribution in [0.15, 0.2) is 30.3 Å². The molecule has 2 aromatic carbocycles. The topological polar surface area (TPSA) is 58.2 Å². The Labute approximate surface area is 132 Å². The lowest BCUT2D eigenvalue weighted by molar-refractivity contribution is -0.123. The Bertz CT molecular complexity index is 811. The number of amides is 2. The third kappa shape index (κ3) is 4.06. The van der Waals surface area contributed by atoms with E-state index in [0.29, 0.717) is 12.1 Å². The third-order valence-corrected chi connectivity index (χ3v) is 2.84. The van der Waals surface area contributed by atoms with Gasteiger partial charge in [-0.25, -0.2) is 22.0 Å². The summed E-state index contributed by atoms with van der Waals surface area (Å²) < 4.78 is 65.2. The van der Waals surface area contributed by atoms with Crippen molar-refractivity contribution in [2.75, 3.05) is 10.6 Å². The van der Waals surface area contributed by atoms with Gasteiger partial charge in [0, 0.05) is 6.07 Å². The Balaban J connectivity index is 1.99. The first-order valence-electron chi connectivity index (χ1n) is 6.46. The van der Waals surface area contributed by atoms with Crippen molar-refractivity contribution in [2.24, 2.45) is 0 Å². The minimum absolute atomic E-state index is 0.354. The van der Waals surface area contributed by atoms with Gasteiger partial charge in [0.05, 0.1) is 11.4 Å². The van der Waals surface area contributed by atoms with E-state index in [0.717, 1.165) is 18.2 Å². The standard InChI is InChI=1S/C15H9F5N2O2/c16-7-1-3-10(9(18)5-7)21-12(23)6-13(24)22-11-4-2-8(17)14(19)15(11)20/h1-5H,6H2,(H,21,23)(H,22,24). The molecule has 0 unspecified atom stereocenters. The molecule has 0 saturated carbocycles. The average Bonchev–Trinajstić information content (AvgIpc) is 2.50. The van der Waals surface area contributed by atoms with Crippen LogP contribution in [0.5, 0.6) is 0 Å². The molecule has 2 N–H and O–H groups in total. The number of anilines is 2. The van der Waals surface area contributed by atoms with Crippen molar-refractivity contribution in [3.63, 3.8) is 0 Å². The summed E-state index contributed by atoms with van der Waals surface area (Å²) in [4.78, 5) is 23.2. The summed E-state index contributed by atoms with van der Waals surface area (Å²) in [7, 11) is 0. The molecular formula is C15H9F5N2O2. The van der Waals surface area contributed by atoms with Gasteiger partial charge in [0.1, 0.15) is 18.1 Å². The van der Waals surface area contributed by atoms with Crippen LogP contribution in [0.25, 0.3) is 0 Å². The van der Waals surface area contributed by atoms with Crippen LogP contribution in [0.2, 0.25) is 0 Å². The zero-order valence-corrected chi connectivity index (χ0v) is 11.8. The van der Waals surface area contributed by atoms with E-state index >= 15 is 0 Å². The van der Waals surface area contributed by atoms with E-state index in [2.05, 4.69) is 0 Å².